The van der Waals surface area contributed by atoms with Crippen molar-refractivity contribution >= 4 is 21.7 Å². The zero-order valence-electron chi connectivity index (χ0n) is 12.1. The van der Waals surface area contributed by atoms with Crippen molar-refractivity contribution in [2.75, 3.05) is 13.7 Å². The molecule has 0 atom stereocenters. The molecular formula is C17H17BrO3. The van der Waals surface area contributed by atoms with Gasteiger partial charge in [-0.25, -0.2) is 0 Å². The van der Waals surface area contributed by atoms with Crippen LogP contribution in [0.5, 0.6) is 11.5 Å². The van der Waals surface area contributed by atoms with E-state index in [9.17, 15) is 4.79 Å². The lowest BCUT2D eigenvalue weighted by Gasteiger charge is -2.10. The fraction of sp³-hybridized carbons (Fsp3) is 0.235. The lowest BCUT2D eigenvalue weighted by atomic mass is 10.0. The van der Waals surface area contributed by atoms with E-state index >= 15 is 0 Å². The third kappa shape index (κ3) is 4.08. The topological polar surface area (TPSA) is 35.5 Å². The molecule has 3 nitrogen and oxygen atoms in total. The van der Waals surface area contributed by atoms with E-state index in [1.165, 1.54) is 0 Å². The maximum absolute atomic E-state index is 12.5. The van der Waals surface area contributed by atoms with E-state index in [0.29, 0.717) is 24.3 Å². The maximum atomic E-state index is 12.5. The molecule has 0 spiro atoms. The summed E-state index contributed by atoms with van der Waals surface area (Å²) in [6, 6.07) is 13.0. The van der Waals surface area contributed by atoms with Gasteiger partial charge in [-0.05, 0) is 42.8 Å². The van der Waals surface area contributed by atoms with Crippen LogP contribution in [-0.4, -0.2) is 19.5 Å². The molecule has 2 rings (SSSR count). The minimum Gasteiger partial charge on any atom is -0.497 e. The molecule has 0 saturated carbocycles. The molecule has 0 aliphatic heterocycles. The van der Waals surface area contributed by atoms with Crippen LogP contribution in [-0.2, 0) is 6.42 Å². The van der Waals surface area contributed by atoms with Crippen LogP contribution >= 0.6 is 15.9 Å². The van der Waals surface area contributed by atoms with Gasteiger partial charge in [0.2, 0.25) is 0 Å². The molecule has 21 heavy (non-hydrogen) atoms. The predicted octanol–water partition coefficient (Wildman–Crippen LogP) is 4.28. The second-order valence-corrected chi connectivity index (χ2v) is 5.44. The second kappa shape index (κ2) is 7.27. The van der Waals surface area contributed by atoms with Crippen molar-refractivity contribution in [3.8, 4) is 11.5 Å². The summed E-state index contributed by atoms with van der Waals surface area (Å²) in [5.74, 6) is 1.44. The number of methoxy groups -OCH3 is 1. The number of carbonyl (C=O) groups is 1. The Morgan fingerprint density at radius 2 is 1.86 bits per heavy atom. The third-order valence-corrected chi connectivity index (χ3v) is 3.56. The molecule has 0 heterocycles. The first-order chi connectivity index (χ1) is 10.1. The Morgan fingerprint density at radius 1 is 1.14 bits per heavy atom. The van der Waals surface area contributed by atoms with Gasteiger partial charge in [0, 0.05) is 10.9 Å². The summed E-state index contributed by atoms with van der Waals surface area (Å²) in [5, 5.41) is 0. The van der Waals surface area contributed by atoms with Crippen molar-refractivity contribution in [1.82, 2.24) is 0 Å². The molecule has 0 fully saturated rings. The van der Waals surface area contributed by atoms with E-state index < -0.39 is 0 Å². The number of halogens is 1. The fourth-order valence-corrected chi connectivity index (χ4v) is 2.39. The molecule has 0 aliphatic rings. The van der Waals surface area contributed by atoms with Crippen molar-refractivity contribution in [2.24, 2.45) is 0 Å². The lowest BCUT2D eigenvalue weighted by molar-refractivity contribution is 0.0989. The Balaban J connectivity index is 2.20. The molecule has 2 aromatic rings. The average Bonchev–Trinajstić information content (AvgIpc) is 2.50. The van der Waals surface area contributed by atoms with Crippen LogP contribution in [0.2, 0.25) is 0 Å². The van der Waals surface area contributed by atoms with Gasteiger partial charge in [0.25, 0.3) is 0 Å². The predicted molar refractivity (Wildman–Crippen MR) is 86.3 cm³/mol. The first-order valence-electron chi connectivity index (χ1n) is 6.72. The Hall–Kier alpha value is -1.81. The van der Waals surface area contributed by atoms with Crippen LogP contribution in [0.3, 0.4) is 0 Å². The van der Waals surface area contributed by atoms with Gasteiger partial charge in [-0.15, -0.1) is 0 Å². The molecule has 110 valence electrons. The van der Waals surface area contributed by atoms with Crippen LogP contribution < -0.4 is 9.47 Å². The smallest absolute Gasteiger partial charge is 0.170 e. The largest absolute Gasteiger partial charge is 0.497 e. The van der Waals surface area contributed by atoms with Gasteiger partial charge >= 0.3 is 0 Å². The molecular weight excluding hydrogens is 332 g/mol. The summed E-state index contributed by atoms with van der Waals surface area (Å²) in [6.07, 6.45) is 0.334. The van der Waals surface area contributed by atoms with Gasteiger partial charge in [0.05, 0.1) is 19.3 Å². The number of benzene rings is 2. The Morgan fingerprint density at radius 3 is 2.48 bits per heavy atom. The summed E-state index contributed by atoms with van der Waals surface area (Å²) in [5.41, 5.74) is 1.55. The van der Waals surface area contributed by atoms with Gasteiger partial charge in [-0.2, -0.15) is 0 Å². The van der Waals surface area contributed by atoms with Crippen LogP contribution in [0.4, 0.5) is 0 Å². The highest BCUT2D eigenvalue weighted by Crippen LogP contribution is 2.25. The highest BCUT2D eigenvalue weighted by Gasteiger charge is 2.14. The van der Waals surface area contributed by atoms with E-state index in [-0.39, 0.29) is 5.78 Å². The normalized spacial score (nSPS) is 10.2. The first-order valence-corrected chi connectivity index (χ1v) is 7.51. The molecule has 0 bridgehead atoms. The second-order valence-electron chi connectivity index (χ2n) is 4.52. The molecule has 4 heteroatoms. The van der Waals surface area contributed by atoms with Crippen LogP contribution in [0.1, 0.15) is 22.8 Å². The first kappa shape index (κ1) is 15.6. The Labute approximate surface area is 133 Å². The molecule has 0 aliphatic carbocycles. The SMILES string of the molecule is CCOc1ccc(Br)cc1C(=O)Cc1ccc(OC)cc1. The lowest BCUT2D eigenvalue weighted by Crippen LogP contribution is -2.07. The number of carbonyl (C=O) groups excluding carboxylic acids is 1. The number of ether oxygens (including phenoxy) is 2. The van der Waals surface area contributed by atoms with Gasteiger partial charge in [-0.1, -0.05) is 28.1 Å². The molecule has 0 saturated heterocycles. The molecule has 0 aromatic heterocycles. The minimum atomic E-state index is 0.0323. The van der Waals surface area contributed by atoms with Crippen molar-refractivity contribution in [1.29, 1.82) is 0 Å². The minimum absolute atomic E-state index is 0.0323. The Bertz CT molecular complexity index is 620. The van der Waals surface area contributed by atoms with E-state index in [0.717, 1.165) is 15.8 Å². The van der Waals surface area contributed by atoms with Gasteiger partial charge in [0.1, 0.15) is 11.5 Å². The molecule has 0 N–H and O–H groups in total. The molecule has 0 radical (unpaired) electrons. The van der Waals surface area contributed by atoms with Gasteiger partial charge < -0.3 is 9.47 Å². The summed E-state index contributed by atoms with van der Waals surface area (Å²) < 4.78 is 11.5. The van der Waals surface area contributed by atoms with E-state index in [2.05, 4.69) is 15.9 Å². The van der Waals surface area contributed by atoms with E-state index in [1.54, 1.807) is 13.2 Å². The molecule has 2 aromatic carbocycles. The van der Waals surface area contributed by atoms with Gasteiger partial charge in [0.15, 0.2) is 5.78 Å². The Kier molecular flexibility index (Phi) is 5.39. The summed E-state index contributed by atoms with van der Waals surface area (Å²) in [6.45, 7) is 2.43. The van der Waals surface area contributed by atoms with Crippen molar-refractivity contribution in [2.45, 2.75) is 13.3 Å². The highest BCUT2D eigenvalue weighted by molar-refractivity contribution is 9.10. The summed E-state index contributed by atoms with van der Waals surface area (Å²) in [4.78, 5) is 12.5. The summed E-state index contributed by atoms with van der Waals surface area (Å²) in [7, 11) is 1.62. The van der Waals surface area contributed by atoms with Crippen molar-refractivity contribution in [3.05, 3.63) is 58.1 Å². The van der Waals surface area contributed by atoms with Crippen LogP contribution in [0, 0.1) is 0 Å². The maximum Gasteiger partial charge on any atom is 0.170 e. The quantitative estimate of drug-likeness (QED) is 0.730. The van der Waals surface area contributed by atoms with Crippen molar-refractivity contribution in [3.63, 3.8) is 0 Å². The van der Waals surface area contributed by atoms with E-state index in [4.69, 9.17) is 9.47 Å². The number of rotatable bonds is 6. The monoisotopic (exact) mass is 348 g/mol. The number of Topliss-reactive ketones (excluding diaryl/α,β-unsaturated/α-hetero) is 1. The number of hydrogen-bond acceptors (Lipinski definition) is 3. The van der Waals surface area contributed by atoms with Gasteiger partial charge in [-0.3, -0.25) is 4.79 Å². The molecule has 0 amide bonds. The van der Waals surface area contributed by atoms with Crippen LogP contribution in [0.25, 0.3) is 0 Å². The van der Waals surface area contributed by atoms with E-state index in [1.807, 2.05) is 43.3 Å². The van der Waals surface area contributed by atoms with Crippen molar-refractivity contribution < 1.29 is 14.3 Å². The zero-order chi connectivity index (χ0) is 15.2. The number of ketones is 1. The highest BCUT2D eigenvalue weighted by atomic mass is 79.9. The summed E-state index contributed by atoms with van der Waals surface area (Å²) >= 11 is 3.40. The molecule has 0 unspecified atom stereocenters. The third-order valence-electron chi connectivity index (χ3n) is 3.07. The number of hydrogen-bond donors (Lipinski definition) is 0. The average molecular weight is 349 g/mol. The zero-order valence-corrected chi connectivity index (χ0v) is 13.6. The van der Waals surface area contributed by atoms with Crippen LogP contribution in [0.15, 0.2) is 46.9 Å². The fourth-order valence-electron chi connectivity index (χ4n) is 2.03. The standard InChI is InChI=1S/C17H17BrO3/c1-3-21-17-9-6-13(18)11-15(17)16(19)10-12-4-7-14(20-2)8-5-12/h4-9,11H,3,10H2,1-2H3.